The molecule has 6 nitrogen and oxygen atoms in total. The van der Waals surface area contributed by atoms with Crippen molar-refractivity contribution < 1.29 is 18.7 Å². The Morgan fingerprint density at radius 3 is 2.68 bits per heavy atom. The van der Waals surface area contributed by atoms with E-state index in [1.807, 2.05) is 0 Å². The molecular weight excluding hydrogens is 327 g/mol. The van der Waals surface area contributed by atoms with Crippen molar-refractivity contribution in [3.05, 3.63) is 63.8 Å². The molecule has 0 aliphatic heterocycles. The smallest absolute Gasteiger partial charge is 0.240 e. The Morgan fingerprint density at radius 1 is 1.28 bits per heavy atom. The van der Waals surface area contributed by atoms with E-state index in [0.29, 0.717) is 18.8 Å². The van der Waals surface area contributed by atoms with Crippen molar-refractivity contribution in [3.63, 3.8) is 0 Å². The zero-order valence-corrected chi connectivity index (χ0v) is 14.3. The number of carbonyl (C=O) groups is 1. The molecule has 1 heterocycles. The maximum Gasteiger partial charge on any atom is 0.240 e. The standard InChI is InChI=1S/C18H21FN2O4/c1-13-9-16(22)17(25-12-14-3-5-15(19)6-4-14)10-21(13)11-18(23)20-7-8-24-2/h3-6,9-10H,7-8,11-12H2,1-2H3,(H,20,23). The topological polar surface area (TPSA) is 69.6 Å². The van der Waals surface area contributed by atoms with E-state index in [-0.39, 0.29) is 36.1 Å². The van der Waals surface area contributed by atoms with Crippen LogP contribution < -0.4 is 15.5 Å². The summed E-state index contributed by atoms with van der Waals surface area (Å²) in [6.07, 6.45) is 1.51. The van der Waals surface area contributed by atoms with Crippen molar-refractivity contribution in [1.29, 1.82) is 0 Å². The zero-order chi connectivity index (χ0) is 18.2. The maximum absolute atomic E-state index is 12.9. The molecule has 0 fully saturated rings. The summed E-state index contributed by atoms with van der Waals surface area (Å²) < 4.78 is 25.0. The molecule has 0 spiro atoms. The van der Waals surface area contributed by atoms with Gasteiger partial charge in [-0.3, -0.25) is 9.59 Å². The molecule has 0 unspecified atom stereocenters. The van der Waals surface area contributed by atoms with Gasteiger partial charge in [0.15, 0.2) is 5.75 Å². The highest BCUT2D eigenvalue weighted by Gasteiger charge is 2.09. The first-order valence-electron chi connectivity index (χ1n) is 7.83. The number of methoxy groups -OCH3 is 1. The van der Waals surface area contributed by atoms with Gasteiger partial charge in [0.25, 0.3) is 0 Å². The molecule has 1 N–H and O–H groups in total. The SMILES string of the molecule is COCCNC(=O)Cn1cc(OCc2ccc(F)cc2)c(=O)cc1C. The second kappa shape index (κ2) is 8.98. The van der Waals surface area contributed by atoms with Gasteiger partial charge in [-0.15, -0.1) is 0 Å². The fourth-order valence-electron chi connectivity index (χ4n) is 2.17. The lowest BCUT2D eigenvalue weighted by Gasteiger charge is -2.13. The molecule has 134 valence electrons. The van der Waals surface area contributed by atoms with Crippen LogP contribution in [0.3, 0.4) is 0 Å². The summed E-state index contributed by atoms with van der Waals surface area (Å²) in [7, 11) is 1.56. The number of nitrogens with one attached hydrogen (secondary N) is 1. The van der Waals surface area contributed by atoms with Crippen molar-refractivity contribution in [1.82, 2.24) is 9.88 Å². The summed E-state index contributed by atoms with van der Waals surface area (Å²) in [4.78, 5) is 24.0. The summed E-state index contributed by atoms with van der Waals surface area (Å²) in [6.45, 7) is 2.80. The molecular formula is C18H21FN2O4. The fourth-order valence-corrected chi connectivity index (χ4v) is 2.17. The molecule has 0 bridgehead atoms. The van der Waals surface area contributed by atoms with Crippen LogP contribution in [0.25, 0.3) is 0 Å². The number of halogens is 1. The van der Waals surface area contributed by atoms with Crippen LogP contribution in [0.15, 0.2) is 41.3 Å². The highest BCUT2D eigenvalue weighted by Crippen LogP contribution is 2.10. The first kappa shape index (κ1) is 18.7. The minimum atomic E-state index is -0.332. The van der Waals surface area contributed by atoms with E-state index in [4.69, 9.17) is 9.47 Å². The van der Waals surface area contributed by atoms with Gasteiger partial charge in [0.05, 0.1) is 12.8 Å². The predicted octanol–water partition coefficient (Wildman–Crippen LogP) is 1.64. The second-order valence-corrected chi connectivity index (χ2v) is 5.53. The van der Waals surface area contributed by atoms with Gasteiger partial charge < -0.3 is 19.4 Å². The fraction of sp³-hybridized carbons (Fsp3) is 0.333. The Kier molecular flexibility index (Phi) is 6.71. The van der Waals surface area contributed by atoms with E-state index >= 15 is 0 Å². The van der Waals surface area contributed by atoms with Gasteiger partial charge in [0.1, 0.15) is 19.0 Å². The second-order valence-electron chi connectivity index (χ2n) is 5.53. The highest BCUT2D eigenvalue weighted by atomic mass is 19.1. The van der Waals surface area contributed by atoms with E-state index in [9.17, 15) is 14.0 Å². The quantitative estimate of drug-likeness (QED) is 0.737. The average molecular weight is 348 g/mol. The number of nitrogens with zero attached hydrogens (tertiary/aromatic N) is 1. The van der Waals surface area contributed by atoms with E-state index in [2.05, 4.69) is 5.32 Å². The van der Waals surface area contributed by atoms with Crippen LogP contribution in [0, 0.1) is 12.7 Å². The predicted molar refractivity (Wildman–Crippen MR) is 91.1 cm³/mol. The lowest BCUT2D eigenvalue weighted by Crippen LogP contribution is -2.31. The minimum Gasteiger partial charge on any atom is -0.483 e. The number of rotatable bonds is 8. The molecule has 1 aromatic heterocycles. The molecule has 0 aliphatic rings. The van der Waals surface area contributed by atoms with Gasteiger partial charge in [-0.1, -0.05) is 12.1 Å². The first-order valence-corrected chi connectivity index (χ1v) is 7.83. The van der Waals surface area contributed by atoms with Crippen LogP contribution in [-0.4, -0.2) is 30.7 Å². The summed E-state index contributed by atoms with van der Waals surface area (Å²) >= 11 is 0. The Balaban J connectivity index is 2.04. The number of ether oxygens (including phenoxy) is 2. The molecule has 25 heavy (non-hydrogen) atoms. The van der Waals surface area contributed by atoms with E-state index < -0.39 is 0 Å². The molecule has 0 atom stereocenters. The maximum atomic E-state index is 12.9. The number of amides is 1. The van der Waals surface area contributed by atoms with Crippen LogP contribution in [0.1, 0.15) is 11.3 Å². The molecule has 0 saturated carbocycles. The monoisotopic (exact) mass is 348 g/mol. The first-order chi connectivity index (χ1) is 12.0. The lowest BCUT2D eigenvalue weighted by atomic mass is 10.2. The van der Waals surface area contributed by atoms with E-state index in [1.165, 1.54) is 24.4 Å². The van der Waals surface area contributed by atoms with Crippen LogP contribution >= 0.6 is 0 Å². The molecule has 2 aromatic rings. The highest BCUT2D eigenvalue weighted by molar-refractivity contribution is 5.75. The minimum absolute atomic E-state index is 0.0722. The van der Waals surface area contributed by atoms with Crippen molar-refractivity contribution in [2.24, 2.45) is 0 Å². The number of aromatic nitrogens is 1. The van der Waals surface area contributed by atoms with Crippen LogP contribution in [0.2, 0.25) is 0 Å². The van der Waals surface area contributed by atoms with Crippen LogP contribution in [0.4, 0.5) is 4.39 Å². The number of hydrogen-bond donors (Lipinski definition) is 1. The Hall–Kier alpha value is -2.67. The van der Waals surface area contributed by atoms with Crippen LogP contribution in [0.5, 0.6) is 5.75 Å². The normalized spacial score (nSPS) is 10.5. The molecule has 0 aliphatic carbocycles. The number of carbonyl (C=O) groups excluding carboxylic acids is 1. The van der Waals surface area contributed by atoms with E-state index in [0.717, 1.165) is 5.56 Å². The third kappa shape index (κ3) is 5.72. The summed E-state index contributed by atoms with van der Waals surface area (Å²) in [5, 5.41) is 2.72. The summed E-state index contributed by atoms with van der Waals surface area (Å²) in [5.41, 5.74) is 1.13. The van der Waals surface area contributed by atoms with Crippen molar-refractivity contribution in [2.45, 2.75) is 20.1 Å². The third-order valence-corrected chi connectivity index (χ3v) is 3.56. The molecule has 0 radical (unpaired) electrons. The van der Waals surface area contributed by atoms with Gasteiger partial charge in [-0.25, -0.2) is 4.39 Å². The lowest BCUT2D eigenvalue weighted by molar-refractivity contribution is -0.121. The Bertz CT molecular complexity index is 772. The zero-order valence-electron chi connectivity index (χ0n) is 14.3. The van der Waals surface area contributed by atoms with Gasteiger partial charge in [-0.05, 0) is 24.6 Å². The van der Waals surface area contributed by atoms with Gasteiger partial charge in [0.2, 0.25) is 11.3 Å². The molecule has 1 aromatic carbocycles. The van der Waals surface area contributed by atoms with Crippen molar-refractivity contribution in [2.75, 3.05) is 20.3 Å². The van der Waals surface area contributed by atoms with Gasteiger partial charge in [0, 0.05) is 25.4 Å². The number of hydrogen-bond acceptors (Lipinski definition) is 4. The van der Waals surface area contributed by atoms with Gasteiger partial charge in [-0.2, -0.15) is 0 Å². The number of benzene rings is 1. The molecule has 2 rings (SSSR count). The number of aryl methyl sites for hydroxylation is 1. The molecule has 0 saturated heterocycles. The molecule has 7 heteroatoms. The van der Waals surface area contributed by atoms with Crippen molar-refractivity contribution in [3.8, 4) is 5.75 Å². The Morgan fingerprint density at radius 2 is 2.00 bits per heavy atom. The third-order valence-electron chi connectivity index (χ3n) is 3.56. The average Bonchev–Trinajstić information content (AvgIpc) is 2.58. The molecule has 1 amide bonds. The largest absolute Gasteiger partial charge is 0.483 e. The number of pyridine rings is 1. The van der Waals surface area contributed by atoms with Crippen LogP contribution in [-0.2, 0) is 22.7 Å². The van der Waals surface area contributed by atoms with E-state index in [1.54, 1.807) is 30.7 Å². The summed E-state index contributed by atoms with van der Waals surface area (Å²) in [6, 6.07) is 7.26. The Labute approximate surface area is 145 Å². The van der Waals surface area contributed by atoms with Gasteiger partial charge >= 0.3 is 0 Å². The summed E-state index contributed by atoms with van der Waals surface area (Å²) in [5.74, 6) is -0.381. The van der Waals surface area contributed by atoms with Crippen molar-refractivity contribution >= 4 is 5.91 Å².